The van der Waals surface area contributed by atoms with E-state index in [1.54, 1.807) is 0 Å². The molecule has 5 heteroatoms. The zero-order valence-corrected chi connectivity index (χ0v) is 12.5. The van der Waals surface area contributed by atoms with Crippen LogP contribution in [0.2, 0.25) is 0 Å². The van der Waals surface area contributed by atoms with Crippen molar-refractivity contribution in [1.82, 2.24) is 0 Å². The standard InChI is InChI=1S/C13H17BrN2OS/c14-10-3-4-11(13(15)18)12(6-10)16-7-9-2-1-5-17-8-9/h3-4,6,9,16H,1-2,5,7-8H2,(H2,15,18). The lowest BCUT2D eigenvalue weighted by Gasteiger charge is -2.23. The molecule has 3 nitrogen and oxygen atoms in total. The van der Waals surface area contributed by atoms with Crippen LogP contribution in [0.3, 0.4) is 0 Å². The van der Waals surface area contributed by atoms with Crippen LogP contribution in [0.4, 0.5) is 5.69 Å². The maximum atomic E-state index is 5.72. The fourth-order valence-corrected chi connectivity index (χ4v) is 2.64. The van der Waals surface area contributed by atoms with Crippen molar-refractivity contribution in [2.45, 2.75) is 12.8 Å². The van der Waals surface area contributed by atoms with Gasteiger partial charge in [-0.05, 0) is 37.0 Å². The van der Waals surface area contributed by atoms with E-state index in [0.29, 0.717) is 10.9 Å². The van der Waals surface area contributed by atoms with Gasteiger partial charge in [0.1, 0.15) is 4.99 Å². The van der Waals surface area contributed by atoms with Gasteiger partial charge in [-0.15, -0.1) is 0 Å². The fraction of sp³-hybridized carbons (Fsp3) is 0.462. The first-order chi connectivity index (χ1) is 8.66. The molecule has 18 heavy (non-hydrogen) atoms. The van der Waals surface area contributed by atoms with Crippen molar-refractivity contribution in [2.75, 3.05) is 25.1 Å². The van der Waals surface area contributed by atoms with Crippen LogP contribution in [-0.2, 0) is 4.74 Å². The van der Waals surface area contributed by atoms with Crippen LogP contribution in [-0.4, -0.2) is 24.7 Å². The van der Waals surface area contributed by atoms with Crippen molar-refractivity contribution in [3.05, 3.63) is 28.2 Å². The van der Waals surface area contributed by atoms with Gasteiger partial charge < -0.3 is 15.8 Å². The first-order valence-corrected chi connectivity index (χ1v) is 7.28. The first kappa shape index (κ1) is 13.8. The van der Waals surface area contributed by atoms with E-state index in [1.807, 2.05) is 18.2 Å². The van der Waals surface area contributed by atoms with E-state index in [4.69, 9.17) is 22.7 Å². The average Bonchev–Trinajstić information content (AvgIpc) is 2.37. The Labute approximate surface area is 121 Å². The van der Waals surface area contributed by atoms with E-state index in [2.05, 4.69) is 21.2 Å². The highest BCUT2D eigenvalue weighted by Crippen LogP contribution is 2.23. The third-order valence-electron chi connectivity index (χ3n) is 3.08. The molecular formula is C13H17BrN2OS. The molecule has 1 fully saturated rings. The topological polar surface area (TPSA) is 47.3 Å². The van der Waals surface area contributed by atoms with Gasteiger partial charge >= 0.3 is 0 Å². The molecule has 0 aliphatic carbocycles. The summed E-state index contributed by atoms with van der Waals surface area (Å²) in [6.07, 6.45) is 2.36. The van der Waals surface area contributed by atoms with Crippen LogP contribution < -0.4 is 11.1 Å². The molecule has 1 aliphatic heterocycles. The van der Waals surface area contributed by atoms with Gasteiger partial charge in [0.2, 0.25) is 0 Å². The lowest BCUT2D eigenvalue weighted by atomic mass is 10.0. The van der Waals surface area contributed by atoms with Gasteiger partial charge in [0.25, 0.3) is 0 Å². The number of halogens is 1. The summed E-state index contributed by atoms with van der Waals surface area (Å²) in [5, 5.41) is 3.43. The molecule has 0 spiro atoms. The monoisotopic (exact) mass is 328 g/mol. The molecule has 1 heterocycles. The third-order valence-corrected chi connectivity index (χ3v) is 3.80. The number of rotatable bonds is 4. The minimum absolute atomic E-state index is 0.421. The van der Waals surface area contributed by atoms with Crippen LogP contribution in [0.1, 0.15) is 18.4 Å². The van der Waals surface area contributed by atoms with Crippen LogP contribution >= 0.6 is 28.1 Å². The van der Waals surface area contributed by atoms with Crippen LogP contribution in [0.15, 0.2) is 22.7 Å². The molecule has 3 N–H and O–H groups in total. The van der Waals surface area contributed by atoms with Crippen molar-refractivity contribution in [3.8, 4) is 0 Å². The Bertz CT molecular complexity index is 433. The maximum Gasteiger partial charge on any atom is 0.106 e. The van der Waals surface area contributed by atoms with Gasteiger partial charge in [-0.2, -0.15) is 0 Å². The molecule has 0 aromatic heterocycles. The first-order valence-electron chi connectivity index (χ1n) is 6.08. The Balaban J connectivity index is 2.03. The van der Waals surface area contributed by atoms with Gasteiger partial charge in [-0.25, -0.2) is 0 Å². The number of hydrogen-bond acceptors (Lipinski definition) is 3. The summed E-state index contributed by atoms with van der Waals surface area (Å²) < 4.78 is 6.49. The quantitative estimate of drug-likeness (QED) is 0.834. The van der Waals surface area contributed by atoms with Gasteiger partial charge in [0, 0.05) is 28.9 Å². The van der Waals surface area contributed by atoms with Gasteiger partial charge in [0.05, 0.1) is 6.61 Å². The predicted octanol–water partition coefficient (Wildman–Crippen LogP) is 2.92. The molecule has 2 rings (SSSR count). The summed E-state index contributed by atoms with van der Waals surface area (Å²) in [5.41, 5.74) is 7.61. The summed E-state index contributed by atoms with van der Waals surface area (Å²) in [7, 11) is 0. The normalized spacial score (nSPS) is 19.5. The lowest BCUT2D eigenvalue weighted by Crippen LogP contribution is -2.25. The average molecular weight is 329 g/mol. The number of nitrogens with two attached hydrogens (primary N) is 1. The summed E-state index contributed by atoms with van der Waals surface area (Å²) in [6.45, 7) is 2.63. The van der Waals surface area contributed by atoms with E-state index >= 15 is 0 Å². The molecule has 0 radical (unpaired) electrons. The predicted molar refractivity (Wildman–Crippen MR) is 82.1 cm³/mol. The molecular weight excluding hydrogens is 312 g/mol. The highest BCUT2D eigenvalue weighted by Gasteiger charge is 2.14. The second-order valence-electron chi connectivity index (χ2n) is 4.52. The van der Waals surface area contributed by atoms with Gasteiger partial charge in [-0.1, -0.05) is 28.1 Å². The van der Waals surface area contributed by atoms with E-state index in [1.165, 1.54) is 6.42 Å². The van der Waals surface area contributed by atoms with E-state index in [-0.39, 0.29) is 0 Å². The third kappa shape index (κ3) is 3.67. The number of ether oxygens (including phenoxy) is 1. The number of benzene rings is 1. The Morgan fingerprint density at radius 2 is 2.39 bits per heavy atom. The molecule has 1 aromatic rings. The SMILES string of the molecule is NC(=S)c1ccc(Br)cc1NCC1CCCOC1. The molecule has 1 aromatic carbocycles. The summed E-state index contributed by atoms with van der Waals surface area (Å²) in [5.74, 6) is 0.567. The number of nitrogens with one attached hydrogen (secondary N) is 1. The van der Waals surface area contributed by atoms with Crippen molar-refractivity contribution < 1.29 is 4.74 Å². The van der Waals surface area contributed by atoms with Crippen LogP contribution in [0, 0.1) is 5.92 Å². The van der Waals surface area contributed by atoms with Gasteiger partial charge in [0.15, 0.2) is 0 Å². The highest BCUT2D eigenvalue weighted by atomic mass is 79.9. The molecule has 98 valence electrons. The minimum Gasteiger partial charge on any atom is -0.389 e. The zero-order chi connectivity index (χ0) is 13.0. The van der Waals surface area contributed by atoms with E-state index in [0.717, 1.165) is 41.9 Å². The lowest BCUT2D eigenvalue weighted by molar-refractivity contribution is 0.0595. The molecule has 0 bridgehead atoms. The van der Waals surface area contributed by atoms with Crippen molar-refractivity contribution in [2.24, 2.45) is 11.7 Å². The Hall–Kier alpha value is -0.650. The molecule has 1 unspecified atom stereocenters. The van der Waals surface area contributed by atoms with Gasteiger partial charge in [-0.3, -0.25) is 0 Å². The molecule has 1 aliphatic rings. The summed E-state index contributed by atoms with van der Waals surface area (Å²) >= 11 is 8.52. The van der Waals surface area contributed by atoms with Crippen molar-refractivity contribution >= 4 is 38.8 Å². The van der Waals surface area contributed by atoms with E-state index in [9.17, 15) is 0 Å². The molecule has 1 saturated heterocycles. The largest absolute Gasteiger partial charge is 0.389 e. The zero-order valence-electron chi connectivity index (χ0n) is 10.1. The Kier molecular flexibility index (Phi) is 4.97. The second kappa shape index (κ2) is 6.50. The van der Waals surface area contributed by atoms with Crippen molar-refractivity contribution in [1.29, 1.82) is 0 Å². The fourth-order valence-electron chi connectivity index (χ4n) is 2.10. The number of hydrogen-bond donors (Lipinski definition) is 2. The molecule has 0 saturated carbocycles. The number of thiocarbonyl (C=S) groups is 1. The van der Waals surface area contributed by atoms with E-state index < -0.39 is 0 Å². The van der Waals surface area contributed by atoms with Crippen LogP contribution in [0.25, 0.3) is 0 Å². The molecule has 0 amide bonds. The Morgan fingerprint density at radius 1 is 1.56 bits per heavy atom. The summed E-state index contributed by atoms with van der Waals surface area (Å²) in [6, 6.07) is 5.90. The smallest absolute Gasteiger partial charge is 0.106 e. The highest BCUT2D eigenvalue weighted by molar-refractivity contribution is 9.10. The number of anilines is 1. The Morgan fingerprint density at radius 3 is 3.06 bits per heavy atom. The minimum atomic E-state index is 0.421. The van der Waals surface area contributed by atoms with Crippen molar-refractivity contribution in [3.63, 3.8) is 0 Å². The summed E-state index contributed by atoms with van der Waals surface area (Å²) in [4.78, 5) is 0.421. The molecule has 1 atom stereocenters. The second-order valence-corrected chi connectivity index (χ2v) is 5.87. The maximum absolute atomic E-state index is 5.72. The van der Waals surface area contributed by atoms with Crippen LogP contribution in [0.5, 0.6) is 0 Å².